The Kier molecular flexibility index (Phi) is 1.36. The molecule has 2 aliphatic rings. The number of fused-ring (bicyclic) bond motifs is 1. The first-order valence-electron chi connectivity index (χ1n) is 4.63. The molecule has 1 aromatic rings. The first-order valence-corrected chi connectivity index (χ1v) is 6.45. The van der Waals surface area contributed by atoms with Gasteiger partial charge in [-0.1, -0.05) is 0 Å². The Morgan fingerprint density at radius 3 is 2.64 bits per heavy atom. The molecule has 1 aliphatic carbocycles. The van der Waals surface area contributed by atoms with Gasteiger partial charge in [-0.15, -0.1) is 0 Å². The number of sulfone groups is 1. The molecule has 0 amide bonds. The highest BCUT2D eigenvalue weighted by Crippen LogP contribution is 2.39. The zero-order chi connectivity index (χ0) is 9.92. The summed E-state index contributed by atoms with van der Waals surface area (Å²) in [5, 5.41) is 4.26. The molecule has 0 unspecified atom stereocenters. The summed E-state index contributed by atoms with van der Waals surface area (Å²) in [5.41, 5.74) is 7.25. The van der Waals surface area contributed by atoms with E-state index in [2.05, 4.69) is 5.10 Å². The van der Waals surface area contributed by atoms with Crippen LogP contribution in [-0.2, 0) is 21.3 Å². The van der Waals surface area contributed by atoms with E-state index in [0.29, 0.717) is 17.6 Å². The van der Waals surface area contributed by atoms with Crippen LogP contribution < -0.4 is 5.73 Å². The summed E-state index contributed by atoms with van der Waals surface area (Å²) in [5.74, 6) is 0.691. The molecule has 0 aromatic carbocycles. The number of hydrogen-bond acceptors (Lipinski definition) is 4. The molecule has 1 saturated carbocycles. The molecule has 1 fully saturated rings. The summed E-state index contributed by atoms with van der Waals surface area (Å²) in [4.78, 5) is 0. The molecule has 0 atom stereocenters. The Balaban J connectivity index is 2.10. The average Bonchev–Trinajstić information content (AvgIpc) is 2.81. The fourth-order valence-electron chi connectivity index (χ4n) is 1.88. The zero-order valence-electron chi connectivity index (χ0n) is 7.60. The highest BCUT2D eigenvalue weighted by atomic mass is 32.2. The number of nitrogens with zero attached hydrogens (tertiary/aromatic N) is 2. The molecule has 0 spiro atoms. The Morgan fingerprint density at radius 2 is 2.07 bits per heavy atom. The van der Waals surface area contributed by atoms with E-state index in [4.69, 9.17) is 5.73 Å². The van der Waals surface area contributed by atoms with E-state index in [0.717, 1.165) is 18.4 Å². The Bertz CT molecular complexity index is 499. The van der Waals surface area contributed by atoms with Crippen molar-refractivity contribution >= 4 is 15.7 Å². The van der Waals surface area contributed by atoms with Gasteiger partial charge in [-0.2, -0.15) is 5.10 Å². The van der Waals surface area contributed by atoms with Gasteiger partial charge in [0.15, 0.2) is 9.84 Å². The number of nitrogen functional groups attached to an aromatic ring is 1. The van der Waals surface area contributed by atoms with Crippen molar-refractivity contribution < 1.29 is 8.42 Å². The van der Waals surface area contributed by atoms with Crippen molar-refractivity contribution in [2.75, 3.05) is 5.73 Å². The second-order valence-corrected chi connectivity index (χ2v) is 6.08. The number of hydrogen-bond donors (Lipinski definition) is 1. The third kappa shape index (κ3) is 1.06. The molecule has 3 rings (SSSR count). The normalized spacial score (nSPS) is 23.7. The monoisotopic (exact) mass is 213 g/mol. The first-order chi connectivity index (χ1) is 6.57. The minimum Gasteiger partial charge on any atom is -0.384 e. The number of nitrogens with two attached hydrogens (primary N) is 1. The summed E-state index contributed by atoms with van der Waals surface area (Å²) in [6, 6.07) is 0.420. The van der Waals surface area contributed by atoms with E-state index in [9.17, 15) is 8.42 Å². The van der Waals surface area contributed by atoms with Crippen LogP contribution in [0.3, 0.4) is 0 Å². The second kappa shape index (κ2) is 2.31. The summed E-state index contributed by atoms with van der Waals surface area (Å²) in [7, 11) is -2.96. The third-order valence-corrected chi connectivity index (χ3v) is 4.19. The highest BCUT2D eigenvalue weighted by Gasteiger charge is 2.35. The summed E-state index contributed by atoms with van der Waals surface area (Å²) in [6.07, 6.45) is 2.22. The van der Waals surface area contributed by atoms with E-state index < -0.39 is 9.84 Å². The topological polar surface area (TPSA) is 78.0 Å². The summed E-state index contributed by atoms with van der Waals surface area (Å²) < 4.78 is 24.4. The van der Waals surface area contributed by atoms with Gasteiger partial charge < -0.3 is 5.73 Å². The molecule has 14 heavy (non-hydrogen) atoms. The predicted octanol–water partition coefficient (Wildman–Crippen LogP) is 0.229. The molecule has 0 saturated heterocycles. The van der Waals surface area contributed by atoms with Gasteiger partial charge in [-0.05, 0) is 12.8 Å². The van der Waals surface area contributed by atoms with Gasteiger partial charge in [0.25, 0.3) is 0 Å². The Hall–Kier alpha value is -1.04. The van der Waals surface area contributed by atoms with Gasteiger partial charge in [-0.3, -0.25) is 0 Å². The highest BCUT2D eigenvalue weighted by molar-refractivity contribution is 7.90. The van der Waals surface area contributed by atoms with Crippen LogP contribution in [-0.4, -0.2) is 18.2 Å². The van der Waals surface area contributed by atoms with Crippen molar-refractivity contribution in [3.8, 4) is 0 Å². The molecule has 1 aromatic heterocycles. The maximum Gasteiger partial charge on any atom is 0.160 e. The molecular formula is C8H11N3O2S. The molecule has 6 heteroatoms. The zero-order valence-corrected chi connectivity index (χ0v) is 8.42. The van der Waals surface area contributed by atoms with Gasteiger partial charge in [0.05, 0.1) is 23.2 Å². The van der Waals surface area contributed by atoms with Gasteiger partial charge >= 0.3 is 0 Å². The lowest BCUT2D eigenvalue weighted by Gasteiger charge is -2.01. The molecule has 0 bridgehead atoms. The van der Waals surface area contributed by atoms with E-state index in [-0.39, 0.29) is 11.5 Å². The molecular weight excluding hydrogens is 202 g/mol. The lowest BCUT2D eigenvalue weighted by atomic mass is 10.3. The average molecular weight is 213 g/mol. The van der Waals surface area contributed by atoms with E-state index in [1.54, 1.807) is 4.68 Å². The number of anilines is 1. The summed E-state index contributed by atoms with van der Waals surface area (Å²) >= 11 is 0. The van der Waals surface area contributed by atoms with Crippen molar-refractivity contribution in [1.82, 2.24) is 9.78 Å². The smallest absolute Gasteiger partial charge is 0.160 e. The van der Waals surface area contributed by atoms with E-state index in [1.807, 2.05) is 0 Å². The van der Waals surface area contributed by atoms with Crippen LogP contribution in [0.5, 0.6) is 0 Å². The largest absolute Gasteiger partial charge is 0.384 e. The number of aromatic nitrogens is 2. The van der Waals surface area contributed by atoms with Crippen LogP contribution >= 0.6 is 0 Å². The predicted molar refractivity (Wildman–Crippen MR) is 51.2 cm³/mol. The molecule has 5 nitrogen and oxygen atoms in total. The minimum absolute atomic E-state index is 0.0618. The molecule has 1 aliphatic heterocycles. The minimum atomic E-state index is -2.96. The molecule has 2 N–H and O–H groups in total. The van der Waals surface area contributed by atoms with Gasteiger partial charge in [-0.25, -0.2) is 13.1 Å². The van der Waals surface area contributed by atoms with E-state index >= 15 is 0 Å². The van der Waals surface area contributed by atoms with Crippen LogP contribution in [0.4, 0.5) is 5.82 Å². The van der Waals surface area contributed by atoms with Gasteiger partial charge in [0, 0.05) is 5.56 Å². The Morgan fingerprint density at radius 1 is 1.36 bits per heavy atom. The molecule has 0 radical (unpaired) electrons. The van der Waals surface area contributed by atoms with Crippen LogP contribution in [0, 0.1) is 0 Å². The van der Waals surface area contributed by atoms with Gasteiger partial charge in [0.2, 0.25) is 0 Å². The SMILES string of the molecule is Nc1c2c(nn1C1CC1)CS(=O)(=O)C2. The van der Waals surface area contributed by atoms with Crippen molar-refractivity contribution in [3.63, 3.8) is 0 Å². The Labute approximate surface area is 81.8 Å². The fourth-order valence-corrected chi connectivity index (χ4v) is 3.39. The molecule has 2 heterocycles. The van der Waals surface area contributed by atoms with Gasteiger partial charge in [0.1, 0.15) is 5.82 Å². The van der Waals surface area contributed by atoms with Crippen LogP contribution in [0.25, 0.3) is 0 Å². The van der Waals surface area contributed by atoms with Crippen molar-refractivity contribution in [3.05, 3.63) is 11.3 Å². The standard InChI is InChI=1S/C8H11N3O2S/c9-8-6-3-14(12,13)4-7(6)10-11(8)5-1-2-5/h5H,1-4,9H2. The van der Waals surface area contributed by atoms with Crippen molar-refractivity contribution in [2.45, 2.75) is 30.4 Å². The third-order valence-electron chi connectivity index (χ3n) is 2.75. The van der Waals surface area contributed by atoms with Crippen molar-refractivity contribution in [1.29, 1.82) is 0 Å². The maximum absolute atomic E-state index is 11.3. The van der Waals surface area contributed by atoms with Crippen LogP contribution in [0.15, 0.2) is 0 Å². The fraction of sp³-hybridized carbons (Fsp3) is 0.625. The second-order valence-electron chi connectivity index (χ2n) is 4.02. The summed E-state index contributed by atoms with van der Waals surface area (Å²) in [6.45, 7) is 0. The maximum atomic E-state index is 11.3. The first kappa shape index (κ1) is 8.28. The lowest BCUT2D eigenvalue weighted by Crippen LogP contribution is -2.07. The number of rotatable bonds is 1. The van der Waals surface area contributed by atoms with Crippen LogP contribution in [0.2, 0.25) is 0 Å². The lowest BCUT2D eigenvalue weighted by molar-refractivity contribution is 0.594. The van der Waals surface area contributed by atoms with Crippen molar-refractivity contribution in [2.24, 2.45) is 0 Å². The van der Waals surface area contributed by atoms with Crippen LogP contribution in [0.1, 0.15) is 30.1 Å². The molecule has 76 valence electrons. The quantitative estimate of drug-likeness (QED) is 0.724. The van der Waals surface area contributed by atoms with E-state index in [1.165, 1.54) is 0 Å².